The summed E-state index contributed by atoms with van der Waals surface area (Å²) in [5, 5.41) is 4.87. The van der Waals surface area contributed by atoms with E-state index in [1.165, 1.54) is 28.7 Å². The van der Waals surface area contributed by atoms with Gasteiger partial charge in [0.15, 0.2) is 0 Å². The molecule has 0 amide bonds. The number of fused-ring (bicyclic) bond motifs is 1. The summed E-state index contributed by atoms with van der Waals surface area (Å²) in [7, 11) is 2.06. The van der Waals surface area contributed by atoms with E-state index in [-0.39, 0.29) is 6.04 Å². The Morgan fingerprint density at radius 3 is 2.79 bits per heavy atom. The van der Waals surface area contributed by atoms with Gasteiger partial charge in [-0.25, -0.2) is 9.97 Å². The second kappa shape index (κ2) is 6.13. The Kier molecular flexibility index (Phi) is 3.96. The molecule has 1 atom stereocenters. The number of pyridine rings is 1. The van der Waals surface area contributed by atoms with Crippen LogP contribution in [-0.2, 0) is 7.05 Å². The zero-order valence-corrected chi connectivity index (χ0v) is 15.1. The normalized spacial score (nSPS) is 15.6. The molecule has 4 nitrogen and oxygen atoms in total. The van der Waals surface area contributed by atoms with Crippen LogP contribution in [0.15, 0.2) is 41.6 Å². The van der Waals surface area contributed by atoms with Crippen LogP contribution >= 0.6 is 11.8 Å². The lowest BCUT2D eigenvalue weighted by Crippen LogP contribution is -2.18. The summed E-state index contributed by atoms with van der Waals surface area (Å²) in [5.74, 6) is 2.69. The SMILES string of the molecule is CSc1ccc2c(C)cc(NC(c3nccn3C)C3CC3)nc2c1. The van der Waals surface area contributed by atoms with E-state index in [1.54, 1.807) is 11.8 Å². The number of aryl methyl sites for hydroxylation is 2. The number of anilines is 1. The molecule has 0 spiro atoms. The number of rotatable bonds is 5. The maximum atomic E-state index is 4.87. The van der Waals surface area contributed by atoms with Crippen molar-refractivity contribution in [2.45, 2.75) is 30.7 Å². The van der Waals surface area contributed by atoms with Crippen LogP contribution in [-0.4, -0.2) is 20.8 Å². The lowest BCUT2D eigenvalue weighted by Gasteiger charge is -2.19. The summed E-state index contributed by atoms with van der Waals surface area (Å²) in [6.45, 7) is 2.15. The van der Waals surface area contributed by atoms with Crippen molar-refractivity contribution < 1.29 is 0 Å². The summed E-state index contributed by atoms with van der Waals surface area (Å²) in [6, 6.07) is 8.89. The minimum atomic E-state index is 0.234. The Hall–Kier alpha value is -2.01. The van der Waals surface area contributed by atoms with E-state index >= 15 is 0 Å². The van der Waals surface area contributed by atoms with Gasteiger partial charge in [0.25, 0.3) is 0 Å². The lowest BCUT2D eigenvalue weighted by atomic mass is 10.1. The number of nitrogens with one attached hydrogen (secondary N) is 1. The largest absolute Gasteiger partial charge is 0.360 e. The van der Waals surface area contributed by atoms with E-state index in [1.807, 2.05) is 12.4 Å². The molecule has 1 aliphatic rings. The van der Waals surface area contributed by atoms with Crippen molar-refractivity contribution in [3.05, 3.63) is 48.0 Å². The number of nitrogens with zero attached hydrogens (tertiary/aromatic N) is 3. The van der Waals surface area contributed by atoms with Crippen LogP contribution in [0, 0.1) is 12.8 Å². The highest BCUT2D eigenvalue weighted by atomic mass is 32.2. The summed E-state index contributed by atoms with van der Waals surface area (Å²) in [6.07, 6.45) is 8.49. The maximum Gasteiger partial charge on any atom is 0.131 e. The minimum absolute atomic E-state index is 0.234. The molecule has 2 aromatic heterocycles. The van der Waals surface area contributed by atoms with Crippen molar-refractivity contribution in [1.82, 2.24) is 14.5 Å². The van der Waals surface area contributed by atoms with E-state index in [9.17, 15) is 0 Å². The lowest BCUT2D eigenvalue weighted by molar-refractivity contribution is 0.604. The van der Waals surface area contributed by atoms with Crippen LogP contribution in [0.3, 0.4) is 0 Å². The molecule has 2 heterocycles. The molecule has 1 N–H and O–H groups in total. The standard InChI is InChI=1S/C19H22N4S/c1-12-10-17(21-16-11-14(24-3)6-7-15(12)16)22-18(13-4-5-13)19-20-8-9-23(19)2/h6-11,13,18H,4-5H2,1-3H3,(H,21,22). The first kappa shape index (κ1) is 15.5. The Balaban J connectivity index is 1.71. The van der Waals surface area contributed by atoms with Gasteiger partial charge in [-0.15, -0.1) is 11.8 Å². The second-order valence-corrected chi connectivity index (χ2v) is 7.44. The van der Waals surface area contributed by atoms with Crippen molar-refractivity contribution in [2.75, 3.05) is 11.6 Å². The minimum Gasteiger partial charge on any atom is -0.360 e. The van der Waals surface area contributed by atoms with E-state index in [0.717, 1.165) is 17.2 Å². The predicted molar refractivity (Wildman–Crippen MR) is 101 cm³/mol. The number of hydrogen-bond acceptors (Lipinski definition) is 4. The fourth-order valence-corrected chi connectivity index (χ4v) is 3.68. The second-order valence-electron chi connectivity index (χ2n) is 6.56. The quantitative estimate of drug-likeness (QED) is 0.693. The number of benzene rings is 1. The molecule has 1 aromatic carbocycles. The van der Waals surface area contributed by atoms with Crippen LogP contribution in [0.1, 0.15) is 30.3 Å². The molecule has 5 heteroatoms. The highest BCUT2D eigenvalue weighted by Crippen LogP contribution is 2.42. The van der Waals surface area contributed by atoms with E-state index in [4.69, 9.17) is 4.98 Å². The van der Waals surface area contributed by atoms with Gasteiger partial charge in [0.2, 0.25) is 0 Å². The van der Waals surface area contributed by atoms with Crippen LogP contribution in [0.5, 0.6) is 0 Å². The van der Waals surface area contributed by atoms with Crippen molar-refractivity contribution in [1.29, 1.82) is 0 Å². The third kappa shape index (κ3) is 2.88. The van der Waals surface area contributed by atoms with E-state index < -0.39 is 0 Å². The number of thioether (sulfide) groups is 1. The molecular formula is C19H22N4S. The zero-order valence-electron chi connectivity index (χ0n) is 14.3. The summed E-state index contributed by atoms with van der Waals surface area (Å²) in [4.78, 5) is 10.7. The molecular weight excluding hydrogens is 316 g/mol. The monoisotopic (exact) mass is 338 g/mol. The number of aromatic nitrogens is 3. The van der Waals surface area contributed by atoms with Gasteiger partial charge in [-0.05, 0) is 55.7 Å². The van der Waals surface area contributed by atoms with Gasteiger partial charge < -0.3 is 9.88 Å². The van der Waals surface area contributed by atoms with Crippen LogP contribution in [0.4, 0.5) is 5.82 Å². The number of hydrogen-bond donors (Lipinski definition) is 1. The van der Waals surface area contributed by atoms with Crippen molar-refractivity contribution in [3.8, 4) is 0 Å². The summed E-state index contributed by atoms with van der Waals surface area (Å²) in [5.41, 5.74) is 2.31. The van der Waals surface area contributed by atoms with Gasteiger partial charge in [0.05, 0.1) is 11.6 Å². The van der Waals surface area contributed by atoms with Gasteiger partial charge >= 0.3 is 0 Å². The Morgan fingerprint density at radius 2 is 2.12 bits per heavy atom. The first-order valence-electron chi connectivity index (χ1n) is 8.35. The molecule has 124 valence electrons. The summed E-state index contributed by atoms with van der Waals surface area (Å²) < 4.78 is 2.11. The Labute approximate surface area is 146 Å². The van der Waals surface area contributed by atoms with E-state index in [2.05, 4.69) is 59.4 Å². The van der Waals surface area contributed by atoms with Crippen LogP contribution in [0.25, 0.3) is 10.9 Å². The molecule has 0 aliphatic heterocycles. The van der Waals surface area contributed by atoms with Gasteiger partial charge in [-0.3, -0.25) is 0 Å². The molecule has 0 radical (unpaired) electrons. The van der Waals surface area contributed by atoms with Crippen molar-refractivity contribution in [2.24, 2.45) is 13.0 Å². The Bertz CT molecular complexity index is 882. The third-order valence-corrected chi connectivity index (χ3v) is 5.48. The topological polar surface area (TPSA) is 42.7 Å². The van der Waals surface area contributed by atoms with Gasteiger partial charge in [0, 0.05) is 29.7 Å². The first-order chi connectivity index (χ1) is 11.7. The fourth-order valence-electron chi connectivity index (χ4n) is 3.24. The number of imidazole rings is 1. The molecule has 24 heavy (non-hydrogen) atoms. The molecule has 1 aliphatic carbocycles. The van der Waals surface area contributed by atoms with Gasteiger partial charge in [-0.2, -0.15) is 0 Å². The predicted octanol–water partition coefficient (Wildman–Crippen LogP) is 4.56. The first-order valence-corrected chi connectivity index (χ1v) is 9.57. The third-order valence-electron chi connectivity index (χ3n) is 4.76. The highest BCUT2D eigenvalue weighted by Gasteiger charge is 2.34. The molecule has 0 bridgehead atoms. The molecule has 1 unspecified atom stereocenters. The zero-order chi connectivity index (χ0) is 16.7. The molecule has 1 fully saturated rings. The van der Waals surface area contributed by atoms with Crippen LogP contribution in [0.2, 0.25) is 0 Å². The smallest absolute Gasteiger partial charge is 0.131 e. The maximum absolute atomic E-state index is 4.87. The van der Waals surface area contributed by atoms with Crippen molar-refractivity contribution >= 4 is 28.5 Å². The molecule has 4 rings (SSSR count). The average Bonchev–Trinajstić information content (AvgIpc) is 3.33. The average molecular weight is 338 g/mol. The summed E-state index contributed by atoms with van der Waals surface area (Å²) >= 11 is 1.75. The fraction of sp³-hybridized carbons (Fsp3) is 0.368. The molecule has 3 aromatic rings. The van der Waals surface area contributed by atoms with E-state index in [0.29, 0.717) is 5.92 Å². The van der Waals surface area contributed by atoms with Crippen LogP contribution < -0.4 is 5.32 Å². The van der Waals surface area contributed by atoms with Gasteiger partial charge in [-0.1, -0.05) is 6.07 Å². The molecule has 1 saturated carbocycles. The highest BCUT2D eigenvalue weighted by molar-refractivity contribution is 7.98. The van der Waals surface area contributed by atoms with Gasteiger partial charge in [0.1, 0.15) is 11.6 Å². The molecule has 0 saturated heterocycles. The Morgan fingerprint density at radius 1 is 1.29 bits per heavy atom. The van der Waals surface area contributed by atoms with Crippen molar-refractivity contribution in [3.63, 3.8) is 0 Å².